The summed E-state index contributed by atoms with van der Waals surface area (Å²) in [5, 5.41) is 30.5. The number of carbonyl (C=O) groups excluding carboxylic acids is 1. The van der Waals surface area contributed by atoms with Crippen LogP contribution in [0.2, 0.25) is 0 Å². The van der Waals surface area contributed by atoms with Crippen molar-refractivity contribution in [3.8, 4) is 11.5 Å². The third-order valence-electron chi connectivity index (χ3n) is 6.77. The first-order valence-electron chi connectivity index (χ1n) is 13.8. The molecule has 0 saturated carbocycles. The van der Waals surface area contributed by atoms with E-state index >= 15 is 0 Å². The monoisotopic (exact) mass is 594 g/mol. The van der Waals surface area contributed by atoms with Gasteiger partial charge in [0.15, 0.2) is 6.10 Å². The Labute approximate surface area is 247 Å². The van der Waals surface area contributed by atoms with Crippen LogP contribution in [0.4, 0.5) is 5.69 Å². The molecule has 1 saturated heterocycles. The van der Waals surface area contributed by atoms with Crippen LogP contribution in [0.25, 0.3) is 11.5 Å². The van der Waals surface area contributed by atoms with Crippen LogP contribution in [0.1, 0.15) is 56.5 Å². The standard InChI is InChI=1S/C26H30N4O5.C4H4O4/c1-19(31)34-24(25-27-26(35-28-25)22-10-12-23(13-11-22)30(32)33)9-5-8-20-14-16-29(17-15-20)18-21-6-3-2-4-7-21;5-3(6)1-2-4(7)8/h2-4,6-7,10-13,20,24H,5,8-9,14-18H2,1H3;1-2H,(H,5,6)(H,7,8). The molecule has 13 nitrogen and oxygen atoms in total. The Morgan fingerprint density at radius 1 is 1.07 bits per heavy atom. The number of nitrogens with zero attached hydrogens (tertiary/aromatic N) is 4. The van der Waals surface area contributed by atoms with Gasteiger partial charge in [-0.15, -0.1) is 0 Å². The average Bonchev–Trinajstić information content (AvgIpc) is 3.48. The quantitative estimate of drug-likeness (QED) is 0.123. The summed E-state index contributed by atoms with van der Waals surface area (Å²) in [6, 6.07) is 16.4. The van der Waals surface area contributed by atoms with E-state index in [2.05, 4.69) is 39.3 Å². The van der Waals surface area contributed by atoms with Crippen molar-refractivity contribution >= 4 is 23.6 Å². The molecule has 1 fully saturated rings. The number of esters is 1. The zero-order valence-electron chi connectivity index (χ0n) is 23.7. The van der Waals surface area contributed by atoms with E-state index in [1.807, 2.05) is 6.07 Å². The number of carboxylic acid groups (broad SMARTS) is 2. The SMILES string of the molecule is CC(=O)OC(CCCC1CCN(Cc2ccccc2)CC1)c1noc(-c2ccc([N+](=O)[O-])cc2)n1.O=C(O)C=CC(=O)O. The lowest BCUT2D eigenvalue weighted by Crippen LogP contribution is -2.33. The summed E-state index contributed by atoms with van der Waals surface area (Å²) in [5.74, 6) is -1.71. The van der Waals surface area contributed by atoms with Gasteiger partial charge in [-0.2, -0.15) is 4.98 Å². The topological polar surface area (TPSA) is 186 Å². The molecular formula is C30H34N4O9. The molecule has 0 spiro atoms. The Hall–Kier alpha value is -4.91. The molecule has 1 aromatic heterocycles. The summed E-state index contributed by atoms with van der Waals surface area (Å²) >= 11 is 0. The van der Waals surface area contributed by atoms with E-state index in [-0.39, 0.29) is 11.6 Å². The molecule has 0 bridgehead atoms. The summed E-state index contributed by atoms with van der Waals surface area (Å²) in [5.41, 5.74) is 1.90. The zero-order valence-corrected chi connectivity index (χ0v) is 23.7. The maximum absolute atomic E-state index is 11.7. The van der Waals surface area contributed by atoms with Crippen molar-refractivity contribution in [1.82, 2.24) is 15.0 Å². The number of nitro groups is 1. The van der Waals surface area contributed by atoms with Gasteiger partial charge in [0, 0.05) is 43.3 Å². The number of benzene rings is 2. The van der Waals surface area contributed by atoms with E-state index in [1.165, 1.54) is 24.6 Å². The first-order chi connectivity index (χ1) is 20.6. The normalized spacial score (nSPS) is 14.4. The molecule has 0 aliphatic carbocycles. The predicted molar refractivity (Wildman–Crippen MR) is 154 cm³/mol. The predicted octanol–water partition coefficient (Wildman–Crippen LogP) is 5.04. The lowest BCUT2D eigenvalue weighted by molar-refractivity contribution is -0.384. The van der Waals surface area contributed by atoms with Crippen LogP contribution in [0, 0.1) is 16.0 Å². The number of rotatable bonds is 12. The highest BCUT2D eigenvalue weighted by atomic mass is 16.6. The van der Waals surface area contributed by atoms with Crippen molar-refractivity contribution in [2.45, 2.75) is 51.7 Å². The number of carbonyl (C=O) groups is 3. The number of nitro benzene ring substituents is 1. The van der Waals surface area contributed by atoms with Crippen LogP contribution in [-0.4, -0.2) is 61.2 Å². The van der Waals surface area contributed by atoms with Gasteiger partial charge in [-0.1, -0.05) is 41.9 Å². The fourth-order valence-electron chi connectivity index (χ4n) is 4.66. The second-order valence-electron chi connectivity index (χ2n) is 10.0. The molecule has 2 heterocycles. The third kappa shape index (κ3) is 11.5. The Morgan fingerprint density at radius 2 is 1.70 bits per heavy atom. The number of hydrogen-bond acceptors (Lipinski definition) is 10. The van der Waals surface area contributed by atoms with Gasteiger partial charge in [-0.3, -0.25) is 19.8 Å². The van der Waals surface area contributed by atoms with Crippen molar-refractivity contribution in [3.05, 3.63) is 88.3 Å². The smallest absolute Gasteiger partial charge is 0.328 e. The number of carboxylic acids is 2. The van der Waals surface area contributed by atoms with Crippen LogP contribution < -0.4 is 0 Å². The zero-order chi connectivity index (χ0) is 31.2. The third-order valence-corrected chi connectivity index (χ3v) is 6.77. The van der Waals surface area contributed by atoms with Gasteiger partial charge in [0.05, 0.1) is 4.92 Å². The second kappa shape index (κ2) is 16.5. The summed E-state index contributed by atoms with van der Waals surface area (Å²) in [6.45, 7) is 4.55. The number of non-ortho nitro benzene ring substituents is 1. The average molecular weight is 595 g/mol. The Morgan fingerprint density at radius 3 is 2.26 bits per heavy atom. The lowest BCUT2D eigenvalue weighted by Gasteiger charge is -2.32. The van der Waals surface area contributed by atoms with Gasteiger partial charge >= 0.3 is 17.9 Å². The molecule has 228 valence electrons. The first-order valence-corrected chi connectivity index (χ1v) is 13.8. The number of aromatic nitrogens is 2. The molecule has 2 aromatic carbocycles. The number of likely N-dealkylation sites (tertiary alicyclic amines) is 1. The Balaban J connectivity index is 0.000000557. The van der Waals surface area contributed by atoms with Gasteiger partial charge in [0.1, 0.15) is 0 Å². The van der Waals surface area contributed by atoms with Gasteiger partial charge in [0.2, 0.25) is 5.82 Å². The molecule has 0 amide bonds. The van der Waals surface area contributed by atoms with Crippen molar-refractivity contribution in [1.29, 1.82) is 0 Å². The first kappa shape index (κ1) is 32.6. The molecule has 3 aromatic rings. The van der Waals surface area contributed by atoms with Crippen LogP contribution in [-0.2, 0) is 25.7 Å². The molecule has 1 aliphatic heterocycles. The van der Waals surface area contributed by atoms with Crippen LogP contribution in [0.3, 0.4) is 0 Å². The molecule has 13 heteroatoms. The van der Waals surface area contributed by atoms with E-state index in [0.717, 1.165) is 45.3 Å². The van der Waals surface area contributed by atoms with Gasteiger partial charge in [-0.05, 0) is 62.4 Å². The summed E-state index contributed by atoms with van der Waals surface area (Å²) in [7, 11) is 0. The van der Waals surface area contributed by atoms with Crippen LogP contribution in [0.5, 0.6) is 0 Å². The lowest BCUT2D eigenvalue weighted by atomic mass is 9.90. The Kier molecular flexibility index (Phi) is 12.5. The second-order valence-corrected chi connectivity index (χ2v) is 10.0. The molecular weight excluding hydrogens is 560 g/mol. The highest BCUT2D eigenvalue weighted by Gasteiger charge is 2.24. The molecule has 43 heavy (non-hydrogen) atoms. The molecule has 0 radical (unpaired) electrons. The van der Waals surface area contributed by atoms with Gasteiger partial charge in [-0.25, -0.2) is 9.59 Å². The minimum Gasteiger partial charge on any atom is -0.478 e. The number of aliphatic carboxylic acids is 2. The van der Waals surface area contributed by atoms with Crippen LogP contribution in [0.15, 0.2) is 71.3 Å². The fraction of sp³-hybridized carbons (Fsp3) is 0.367. The van der Waals surface area contributed by atoms with Gasteiger partial charge < -0.3 is 19.5 Å². The summed E-state index contributed by atoms with van der Waals surface area (Å²) in [4.78, 5) is 48.1. The molecule has 2 N–H and O–H groups in total. The molecule has 4 rings (SSSR count). The molecule has 1 aliphatic rings. The van der Waals surface area contributed by atoms with Crippen molar-refractivity contribution in [2.75, 3.05) is 13.1 Å². The van der Waals surface area contributed by atoms with E-state index in [4.69, 9.17) is 19.5 Å². The molecule has 1 unspecified atom stereocenters. The van der Waals surface area contributed by atoms with E-state index in [9.17, 15) is 24.5 Å². The molecule has 1 atom stereocenters. The van der Waals surface area contributed by atoms with Crippen molar-refractivity contribution in [3.63, 3.8) is 0 Å². The summed E-state index contributed by atoms with van der Waals surface area (Å²) < 4.78 is 10.8. The maximum Gasteiger partial charge on any atom is 0.328 e. The van der Waals surface area contributed by atoms with Crippen molar-refractivity contribution < 1.29 is 38.8 Å². The van der Waals surface area contributed by atoms with E-state index < -0.39 is 28.9 Å². The highest BCUT2D eigenvalue weighted by molar-refractivity contribution is 5.89. The highest BCUT2D eigenvalue weighted by Crippen LogP contribution is 2.29. The van der Waals surface area contributed by atoms with E-state index in [0.29, 0.717) is 35.9 Å². The van der Waals surface area contributed by atoms with E-state index in [1.54, 1.807) is 12.1 Å². The van der Waals surface area contributed by atoms with Crippen molar-refractivity contribution in [2.24, 2.45) is 5.92 Å². The largest absolute Gasteiger partial charge is 0.478 e. The number of piperidine rings is 1. The Bertz CT molecular complexity index is 1370. The summed E-state index contributed by atoms with van der Waals surface area (Å²) in [6.07, 6.45) is 5.43. The van der Waals surface area contributed by atoms with Gasteiger partial charge in [0.25, 0.3) is 11.6 Å². The number of ether oxygens (including phenoxy) is 1. The minimum atomic E-state index is -1.26. The number of hydrogen-bond donors (Lipinski definition) is 2. The minimum absolute atomic E-state index is 0.0165. The maximum atomic E-state index is 11.7. The fourth-order valence-corrected chi connectivity index (χ4v) is 4.66. The van der Waals surface area contributed by atoms with Crippen LogP contribution >= 0.6 is 0 Å².